The Kier molecular flexibility index (Phi) is 5.90. The smallest absolute Gasteiger partial charge is 0.255 e. The maximum absolute atomic E-state index is 12.6. The third-order valence-corrected chi connectivity index (χ3v) is 6.17. The number of sulfonamides is 1. The minimum absolute atomic E-state index is 0.281. The molecule has 28 heavy (non-hydrogen) atoms. The van der Waals surface area contributed by atoms with Crippen molar-refractivity contribution in [2.45, 2.75) is 0 Å². The zero-order valence-electron chi connectivity index (χ0n) is 16.4. The van der Waals surface area contributed by atoms with Gasteiger partial charge in [-0.3, -0.25) is 9.10 Å². The standard InChI is InChI=1S/C20H26N4O3S/c1-22-11-13-24(14-12-22)18-9-7-17(8-10-18)21-20(25)16-5-4-6-19(15-16)23(2)28(3,26)27/h4-10,15H,11-14H2,1-3H3,(H,21,25). The average molecular weight is 403 g/mol. The molecule has 2 aromatic rings. The summed E-state index contributed by atoms with van der Waals surface area (Å²) in [6.45, 7) is 4.05. The van der Waals surface area contributed by atoms with Crippen LogP contribution >= 0.6 is 0 Å². The SMILES string of the molecule is CN1CCN(c2ccc(NC(=O)c3cccc(N(C)S(C)(=O)=O)c3)cc2)CC1. The number of likely N-dealkylation sites (N-methyl/N-ethyl adjacent to an activating group) is 1. The molecule has 1 aliphatic heterocycles. The van der Waals surface area contributed by atoms with Gasteiger partial charge in [0.25, 0.3) is 5.91 Å². The average Bonchev–Trinajstić information content (AvgIpc) is 2.68. The molecule has 0 aromatic heterocycles. The number of nitrogens with zero attached hydrogens (tertiary/aromatic N) is 3. The lowest BCUT2D eigenvalue weighted by Gasteiger charge is -2.34. The molecule has 2 aromatic carbocycles. The number of carbonyl (C=O) groups is 1. The van der Waals surface area contributed by atoms with E-state index in [0.717, 1.165) is 42.4 Å². The molecule has 1 amide bonds. The van der Waals surface area contributed by atoms with Gasteiger partial charge in [0.2, 0.25) is 10.0 Å². The van der Waals surface area contributed by atoms with Gasteiger partial charge in [0.15, 0.2) is 0 Å². The van der Waals surface area contributed by atoms with Crippen LogP contribution in [-0.2, 0) is 10.0 Å². The molecule has 3 rings (SSSR count). The molecule has 0 spiro atoms. The van der Waals surface area contributed by atoms with Gasteiger partial charge in [-0.1, -0.05) is 6.07 Å². The van der Waals surface area contributed by atoms with Gasteiger partial charge in [-0.05, 0) is 49.5 Å². The van der Waals surface area contributed by atoms with Crippen molar-refractivity contribution < 1.29 is 13.2 Å². The molecule has 0 radical (unpaired) electrons. The first-order valence-electron chi connectivity index (χ1n) is 9.13. The Morgan fingerprint density at radius 1 is 1.04 bits per heavy atom. The summed E-state index contributed by atoms with van der Waals surface area (Å²) < 4.78 is 24.6. The zero-order chi connectivity index (χ0) is 20.3. The number of nitrogens with one attached hydrogen (secondary N) is 1. The van der Waals surface area contributed by atoms with Crippen molar-refractivity contribution in [1.82, 2.24) is 4.90 Å². The van der Waals surface area contributed by atoms with E-state index in [1.807, 2.05) is 24.3 Å². The van der Waals surface area contributed by atoms with E-state index in [0.29, 0.717) is 16.9 Å². The van der Waals surface area contributed by atoms with E-state index in [1.165, 1.54) is 7.05 Å². The fourth-order valence-corrected chi connectivity index (χ4v) is 3.55. The monoisotopic (exact) mass is 402 g/mol. The lowest BCUT2D eigenvalue weighted by Crippen LogP contribution is -2.44. The van der Waals surface area contributed by atoms with Crippen molar-refractivity contribution in [1.29, 1.82) is 0 Å². The van der Waals surface area contributed by atoms with Crippen LogP contribution in [0.4, 0.5) is 17.1 Å². The Bertz CT molecular complexity index is 936. The van der Waals surface area contributed by atoms with E-state index >= 15 is 0 Å². The molecule has 0 unspecified atom stereocenters. The number of hydrogen-bond donors (Lipinski definition) is 1. The summed E-state index contributed by atoms with van der Waals surface area (Å²) in [7, 11) is 0.203. The number of carbonyl (C=O) groups excluding carboxylic acids is 1. The number of amides is 1. The number of benzene rings is 2. The normalized spacial score (nSPS) is 15.3. The molecule has 1 fully saturated rings. The Labute approximate surface area is 166 Å². The third kappa shape index (κ3) is 4.82. The van der Waals surface area contributed by atoms with Crippen LogP contribution in [0.2, 0.25) is 0 Å². The first-order valence-corrected chi connectivity index (χ1v) is 11.0. The molecule has 1 saturated heterocycles. The van der Waals surface area contributed by atoms with Crippen LogP contribution in [0.1, 0.15) is 10.4 Å². The van der Waals surface area contributed by atoms with Gasteiger partial charge in [-0.25, -0.2) is 8.42 Å². The largest absolute Gasteiger partial charge is 0.369 e. The lowest BCUT2D eigenvalue weighted by atomic mass is 10.1. The van der Waals surface area contributed by atoms with Gasteiger partial charge in [0, 0.05) is 50.2 Å². The van der Waals surface area contributed by atoms with Crippen LogP contribution in [0.3, 0.4) is 0 Å². The Morgan fingerprint density at radius 2 is 1.68 bits per heavy atom. The quantitative estimate of drug-likeness (QED) is 0.829. The molecule has 0 aliphatic carbocycles. The summed E-state index contributed by atoms with van der Waals surface area (Å²) in [6, 6.07) is 14.3. The topological polar surface area (TPSA) is 73.0 Å². The first kappa shape index (κ1) is 20.2. The lowest BCUT2D eigenvalue weighted by molar-refractivity contribution is 0.102. The van der Waals surface area contributed by atoms with E-state index in [2.05, 4.69) is 22.2 Å². The Morgan fingerprint density at radius 3 is 2.29 bits per heavy atom. The molecule has 1 heterocycles. The number of piperazine rings is 1. The highest BCUT2D eigenvalue weighted by Crippen LogP contribution is 2.21. The van der Waals surface area contributed by atoms with Gasteiger partial charge in [0.05, 0.1) is 11.9 Å². The fraction of sp³-hybridized carbons (Fsp3) is 0.350. The van der Waals surface area contributed by atoms with Crippen LogP contribution in [-0.4, -0.2) is 65.8 Å². The maximum Gasteiger partial charge on any atom is 0.255 e. The van der Waals surface area contributed by atoms with Gasteiger partial charge in [0.1, 0.15) is 0 Å². The second-order valence-corrected chi connectivity index (χ2v) is 9.09. The Balaban J connectivity index is 1.68. The highest BCUT2D eigenvalue weighted by molar-refractivity contribution is 7.92. The van der Waals surface area contributed by atoms with Gasteiger partial charge in [-0.15, -0.1) is 0 Å². The van der Waals surface area contributed by atoms with E-state index in [4.69, 9.17) is 0 Å². The predicted octanol–water partition coefficient (Wildman–Crippen LogP) is 2.09. The minimum atomic E-state index is -3.38. The second-order valence-electron chi connectivity index (χ2n) is 7.07. The molecule has 8 heteroatoms. The van der Waals surface area contributed by atoms with Crippen molar-refractivity contribution in [3.63, 3.8) is 0 Å². The van der Waals surface area contributed by atoms with E-state index in [-0.39, 0.29) is 5.91 Å². The molecule has 1 aliphatic rings. The summed E-state index contributed by atoms with van der Waals surface area (Å²) in [5.74, 6) is -0.281. The fourth-order valence-electron chi connectivity index (χ4n) is 3.06. The molecule has 7 nitrogen and oxygen atoms in total. The minimum Gasteiger partial charge on any atom is -0.369 e. The van der Waals surface area contributed by atoms with Crippen LogP contribution in [0, 0.1) is 0 Å². The number of rotatable bonds is 5. The van der Waals surface area contributed by atoms with Crippen molar-refractivity contribution in [2.75, 3.05) is 61.1 Å². The van der Waals surface area contributed by atoms with Crippen molar-refractivity contribution >= 4 is 33.0 Å². The predicted molar refractivity (Wildman–Crippen MR) is 114 cm³/mol. The Hall–Kier alpha value is -2.58. The van der Waals surface area contributed by atoms with Gasteiger partial charge in [-0.2, -0.15) is 0 Å². The van der Waals surface area contributed by atoms with Crippen LogP contribution in [0.5, 0.6) is 0 Å². The van der Waals surface area contributed by atoms with Crippen LogP contribution in [0.25, 0.3) is 0 Å². The second kappa shape index (κ2) is 8.20. The van der Waals surface area contributed by atoms with Crippen molar-refractivity contribution in [3.05, 3.63) is 54.1 Å². The highest BCUT2D eigenvalue weighted by atomic mass is 32.2. The van der Waals surface area contributed by atoms with Gasteiger partial charge >= 0.3 is 0 Å². The molecule has 0 atom stereocenters. The van der Waals surface area contributed by atoms with Crippen molar-refractivity contribution in [3.8, 4) is 0 Å². The zero-order valence-corrected chi connectivity index (χ0v) is 17.2. The molecule has 150 valence electrons. The summed E-state index contributed by atoms with van der Waals surface area (Å²) in [6.07, 6.45) is 1.13. The summed E-state index contributed by atoms with van der Waals surface area (Å²) in [5.41, 5.74) is 2.68. The molecule has 1 N–H and O–H groups in total. The van der Waals surface area contributed by atoms with Crippen molar-refractivity contribution in [2.24, 2.45) is 0 Å². The van der Waals surface area contributed by atoms with E-state index in [1.54, 1.807) is 24.3 Å². The summed E-state index contributed by atoms with van der Waals surface area (Å²) in [5, 5.41) is 2.87. The summed E-state index contributed by atoms with van der Waals surface area (Å²) in [4.78, 5) is 17.2. The number of hydrogen-bond acceptors (Lipinski definition) is 5. The molecular formula is C20H26N4O3S. The first-order chi connectivity index (χ1) is 13.2. The van der Waals surface area contributed by atoms with Gasteiger partial charge < -0.3 is 15.1 Å². The van der Waals surface area contributed by atoms with E-state index < -0.39 is 10.0 Å². The molecule has 0 bridgehead atoms. The van der Waals surface area contributed by atoms with E-state index in [9.17, 15) is 13.2 Å². The summed E-state index contributed by atoms with van der Waals surface area (Å²) >= 11 is 0. The molecule has 0 saturated carbocycles. The number of anilines is 3. The third-order valence-electron chi connectivity index (χ3n) is 4.96. The molecular weight excluding hydrogens is 376 g/mol. The van der Waals surface area contributed by atoms with Crippen LogP contribution in [0.15, 0.2) is 48.5 Å². The maximum atomic E-state index is 12.6. The highest BCUT2D eigenvalue weighted by Gasteiger charge is 2.16. The van der Waals surface area contributed by atoms with Crippen LogP contribution < -0.4 is 14.5 Å².